The van der Waals surface area contributed by atoms with Crippen molar-refractivity contribution in [2.24, 2.45) is 0 Å². The number of methoxy groups -OCH3 is 1. The Bertz CT molecular complexity index is 773. The molecule has 0 spiro atoms. The standard InChI is InChI=1S/C22H29N3O3/c1-23-22(26)18-8-3-5-10-20(18)28-17-7-12-24-13-15-25(16-14-24)19-9-4-6-11-21(19)27-2/h3-6,8-11H,7,12-17H2,1-2H3,(H,23,26). The molecule has 0 aromatic heterocycles. The lowest BCUT2D eigenvalue weighted by atomic mass is 10.2. The van der Waals surface area contributed by atoms with Gasteiger partial charge in [-0.1, -0.05) is 24.3 Å². The maximum absolute atomic E-state index is 11.9. The molecule has 2 aromatic rings. The zero-order chi connectivity index (χ0) is 19.8. The normalized spacial score (nSPS) is 14.6. The van der Waals surface area contributed by atoms with E-state index in [-0.39, 0.29) is 5.91 Å². The van der Waals surface area contributed by atoms with E-state index in [0.717, 1.165) is 44.9 Å². The lowest BCUT2D eigenvalue weighted by molar-refractivity contribution is 0.0958. The molecule has 1 fully saturated rings. The second-order valence-electron chi connectivity index (χ2n) is 6.78. The highest BCUT2D eigenvalue weighted by Gasteiger charge is 2.19. The highest BCUT2D eigenvalue weighted by Crippen LogP contribution is 2.28. The van der Waals surface area contributed by atoms with Gasteiger partial charge in [0.2, 0.25) is 0 Å². The van der Waals surface area contributed by atoms with Gasteiger partial charge in [-0.3, -0.25) is 9.69 Å². The van der Waals surface area contributed by atoms with Gasteiger partial charge in [0, 0.05) is 39.8 Å². The summed E-state index contributed by atoms with van der Waals surface area (Å²) >= 11 is 0. The molecular weight excluding hydrogens is 354 g/mol. The molecule has 0 unspecified atom stereocenters. The van der Waals surface area contributed by atoms with Crippen molar-refractivity contribution < 1.29 is 14.3 Å². The topological polar surface area (TPSA) is 54.0 Å². The minimum absolute atomic E-state index is 0.122. The Morgan fingerprint density at radius 2 is 1.68 bits per heavy atom. The van der Waals surface area contributed by atoms with Crippen LogP contribution in [0.2, 0.25) is 0 Å². The van der Waals surface area contributed by atoms with Crippen molar-refractivity contribution in [1.82, 2.24) is 10.2 Å². The SMILES string of the molecule is CNC(=O)c1ccccc1OCCCN1CCN(c2ccccc2OC)CC1. The molecular formula is C22H29N3O3. The summed E-state index contributed by atoms with van der Waals surface area (Å²) in [4.78, 5) is 16.7. The summed E-state index contributed by atoms with van der Waals surface area (Å²) in [6.45, 7) is 5.60. The van der Waals surface area contributed by atoms with Gasteiger partial charge in [0.1, 0.15) is 11.5 Å². The van der Waals surface area contributed by atoms with Gasteiger partial charge in [-0.05, 0) is 30.7 Å². The number of piperazine rings is 1. The number of amides is 1. The van der Waals surface area contributed by atoms with Gasteiger partial charge in [0.25, 0.3) is 5.91 Å². The number of benzene rings is 2. The molecule has 1 heterocycles. The van der Waals surface area contributed by atoms with Gasteiger partial charge in [-0.2, -0.15) is 0 Å². The third-order valence-corrected chi connectivity index (χ3v) is 5.03. The quantitative estimate of drug-likeness (QED) is 0.711. The van der Waals surface area contributed by atoms with Crippen molar-refractivity contribution in [2.45, 2.75) is 6.42 Å². The van der Waals surface area contributed by atoms with Gasteiger partial charge >= 0.3 is 0 Å². The van der Waals surface area contributed by atoms with Crippen molar-refractivity contribution in [3.63, 3.8) is 0 Å². The minimum atomic E-state index is -0.122. The average molecular weight is 383 g/mol. The summed E-state index contributed by atoms with van der Waals surface area (Å²) < 4.78 is 11.3. The predicted octanol–water partition coefficient (Wildman–Crippen LogP) is 2.65. The van der Waals surface area contributed by atoms with E-state index in [2.05, 4.69) is 27.2 Å². The maximum atomic E-state index is 11.9. The minimum Gasteiger partial charge on any atom is -0.495 e. The Balaban J connectivity index is 1.42. The van der Waals surface area contributed by atoms with Gasteiger partial charge < -0.3 is 19.7 Å². The summed E-state index contributed by atoms with van der Waals surface area (Å²) in [5, 5.41) is 2.65. The smallest absolute Gasteiger partial charge is 0.254 e. The summed E-state index contributed by atoms with van der Waals surface area (Å²) in [5.74, 6) is 1.45. The van der Waals surface area contributed by atoms with E-state index in [9.17, 15) is 4.79 Å². The van der Waals surface area contributed by atoms with Crippen molar-refractivity contribution >= 4 is 11.6 Å². The predicted molar refractivity (Wildman–Crippen MR) is 112 cm³/mol. The molecule has 28 heavy (non-hydrogen) atoms. The Morgan fingerprint density at radius 1 is 1.00 bits per heavy atom. The van der Waals surface area contributed by atoms with Crippen LogP contribution in [-0.4, -0.2) is 64.3 Å². The van der Waals surface area contributed by atoms with Gasteiger partial charge in [0.15, 0.2) is 0 Å². The van der Waals surface area contributed by atoms with Crippen LogP contribution >= 0.6 is 0 Å². The third kappa shape index (κ3) is 4.95. The maximum Gasteiger partial charge on any atom is 0.254 e. The number of nitrogens with one attached hydrogen (secondary N) is 1. The summed E-state index contributed by atoms with van der Waals surface area (Å²) in [7, 11) is 3.35. The second-order valence-corrected chi connectivity index (χ2v) is 6.78. The van der Waals surface area contributed by atoms with E-state index in [1.165, 1.54) is 5.69 Å². The zero-order valence-electron chi connectivity index (χ0n) is 16.7. The number of ether oxygens (including phenoxy) is 2. The fraction of sp³-hybridized carbons (Fsp3) is 0.409. The van der Waals surface area contributed by atoms with Crippen LogP contribution in [0.1, 0.15) is 16.8 Å². The molecule has 6 nitrogen and oxygen atoms in total. The molecule has 3 rings (SSSR count). The molecule has 0 atom stereocenters. The lowest BCUT2D eigenvalue weighted by Gasteiger charge is -2.36. The van der Waals surface area contributed by atoms with Crippen LogP contribution in [0.4, 0.5) is 5.69 Å². The molecule has 1 N–H and O–H groups in total. The number of anilines is 1. The van der Waals surface area contributed by atoms with Gasteiger partial charge in [-0.25, -0.2) is 0 Å². The highest BCUT2D eigenvalue weighted by atomic mass is 16.5. The molecule has 150 valence electrons. The molecule has 2 aromatic carbocycles. The van der Waals surface area contributed by atoms with E-state index >= 15 is 0 Å². The van der Waals surface area contributed by atoms with Crippen LogP contribution in [0.3, 0.4) is 0 Å². The van der Waals surface area contributed by atoms with E-state index in [4.69, 9.17) is 9.47 Å². The Labute approximate surface area is 167 Å². The number of hydrogen-bond donors (Lipinski definition) is 1. The van der Waals surface area contributed by atoms with Crippen molar-refractivity contribution in [3.05, 3.63) is 54.1 Å². The monoisotopic (exact) mass is 383 g/mol. The Morgan fingerprint density at radius 3 is 2.39 bits per heavy atom. The largest absolute Gasteiger partial charge is 0.495 e. The number of nitrogens with zero attached hydrogens (tertiary/aromatic N) is 2. The van der Waals surface area contributed by atoms with Crippen molar-refractivity contribution in [1.29, 1.82) is 0 Å². The first-order valence-electron chi connectivity index (χ1n) is 9.77. The van der Waals surface area contributed by atoms with Crippen LogP contribution in [0.15, 0.2) is 48.5 Å². The average Bonchev–Trinajstić information content (AvgIpc) is 2.77. The zero-order valence-corrected chi connectivity index (χ0v) is 16.7. The number of para-hydroxylation sites is 3. The molecule has 0 radical (unpaired) electrons. The first kappa shape index (κ1) is 20.0. The van der Waals surface area contributed by atoms with Gasteiger partial charge in [-0.15, -0.1) is 0 Å². The Kier molecular flexibility index (Phi) is 7.14. The molecule has 1 saturated heterocycles. The van der Waals surface area contributed by atoms with Crippen LogP contribution in [0.25, 0.3) is 0 Å². The van der Waals surface area contributed by atoms with Crippen LogP contribution in [0.5, 0.6) is 11.5 Å². The van der Waals surface area contributed by atoms with Crippen LogP contribution in [-0.2, 0) is 0 Å². The molecule has 1 aliphatic heterocycles. The number of rotatable bonds is 8. The molecule has 0 saturated carbocycles. The second kappa shape index (κ2) is 9.99. The Hall–Kier alpha value is -2.73. The van der Waals surface area contributed by atoms with Crippen molar-refractivity contribution in [2.75, 3.05) is 58.4 Å². The first-order chi connectivity index (χ1) is 13.7. The fourth-order valence-electron chi connectivity index (χ4n) is 3.49. The van der Waals surface area contributed by atoms with E-state index in [1.54, 1.807) is 20.2 Å². The summed E-state index contributed by atoms with van der Waals surface area (Å²) in [6, 6.07) is 15.5. The third-order valence-electron chi connectivity index (χ3n) is 5.03. The first-order valence-corrected chi connectivity index (χ1v) is 9.77. The van der Waals surface area contributed by atoms with Crippen LogP contribution < -0.4 is 19.7 Å². The molecule has 1 amide bonds. The van der Waals surface area contributed by atoms with Crippen molar-refractivity contribution in [3.8, 4) is 11.5 Å². The number of carbonyl (C=O) groups is 1. The summed E-state index contributed by atoms with van der Waals surface area (Å²) in [5.41, 5.74) is 1.74. The molecule has 1 aliphatic rings. The molecule has 0 bridgehead atoms. The van der Waals surface area contributed by atoms with Gasteiger partial charge in [0.05, 0.1) is 25.0 Å². The van der Waals surface area contributed by atoms with E-state index in [0.29, 0.717) is 17.9 Å². The molecule has 6 heteroatoms. The lowest BCUT2D eigenvalue weighted by Crippen LogP contribution is -2.46. The number of hydrogen-bond acceptors (Lipinski definition) is 5. The molecule has 0 aliphatic carbocycles. The highest BCUT2D eigenvalue weighted by molar-refractivity contribution is 5.96. The fourth-order valence-corrected chi connectivity index (χ4v) is 3.49. The number of carbonyl (C=O) groups excluding carboxylic acids is 1. The van der Waals surface area contributed by atoms with E-state index < -0.39 is 0 Å². The van der Waals surface area contributed by atoms with E-state index in [1.807, 2.05) is 30.3 Å². The van der Waals surface area contributed by atoms with Crippen LogP contribution in [0, 0.1) is 0 Å². The summed E-state index contributed by atoms with van der Waals surface area (Å²) in [6.07, 6.45) is 0.927.